The lowest BCUT2D eigenvalue weighted by Crippen LogP contribution is -2.40. The van der Waals surface area contributed by atoms with E-state index < -0.39 is 0 Å². The summed E-state index contributed by atoms with van der Waals surface area (Å²) in [6.45, 7) is 3.99. The molecular formula is C16H21N3O4. The Balaban J connectivity index is 2.06. The molecule has 0 bridgehead atoms. The van der Waals surface area contributed by atoms with Gasteiger partial charge < -0.3 is 25.5 Å². The Hall–Kier alpha value is -2.54. The van der Waals surface area contributed by atoms with Gasteiger partial charge in [-0.1, -0.05) is 12.1 Å². The molecule has 1 aromatic carbocycles. The van der Waals surface area contributed by atoms with Crippen LogP contribution in [-0.4, -0.2) is 31.5 Å². The van der Waals surface area contributed by atoms with E-state index in [1.807, 2.05) is 31.2 Å². The molecule has 2 rings (SSSR count). The number of carbonyl (C=O) groups excluding carboxylic acids is 2. The van der Waals surface area contributed by atoms with E-state index in [-0.39, 0.29) is 30.9 Å². The van der Waals surface area contributed by atoms with Crippen LogP contribution >= 0.6 is 0 Å². The van der Waals surface area contributed by atoms with Crippen molar-refractivity contribution in [3.8, 4) is 5.75 Å². The van der Waals surface area contributed by atoms with Crippen LogP contribution in [0.2, 0.25) is 0 Å². The molecule has 2 aromatic rings. The van der Waals surface area contributed by atoms with Gasteiger partial charge in [0, 0.05) is 5.39 Å². The van der Waals surface area contributed by atoms with Gasteiger partial charge >= 0.3 is 0 Å². The van der Waals surface area contributed by atoms with Crippen LogP contribution in [0.3, 0.4) is 0 Å². The molecule has 0 saturated carbocycles. The van der Waals surface area contributed by atoms with Gasteiger partial charge in [0.2, 0.25) is 11.8 Å². The van der Waals surface area contributed by atoms with Gasteiger partial charge in [-0.3, -0.25) is 9.59 Å². The largest absolute Gasteiger partial charge is 0.490 e. The number of amides is 2. The van der Waals surface area contributed by atoms with Gasteiger partial charge in [-0.25, -0.2) is 0 Å². The standard InChI is InChI=1S/C16H21N3O4/c1-3-22-12-6-4-5-11-7-13(23-16(11)12)10(2)19-15(21)9-18-14(20)8-17/h4-7,10H,3,8-9,17H2,1-2H3,(H,18,20)(H,19,21). The van der Waals surface area contributed by atoms with Crippen molar-refractivity contribution >= 4 is 22.8 Å². The average molecular weight is 319 g/mol. The lowest BCUT2D eigenvalue weighted by Gasteiger charge is -2.11. The van der Waals surface area contributed by atoms with Gasteiger partial charge in [-0.05, 0) is 26.0 Å². The topological polar surface area (TPSA) is 107 Å². The Morgan fingerprint density at radius 3 is 2.83 bits per heavy atom. The first-order valence-electron chi connectivity index (χ1n) is 7.46. The molecular weight excluding hydrogens is 298 g/mol. The Kier molecular flexibility index (Phi) is 5.59. The van der Waals surface area contributed by atoms with E-state index in [4.69, 9.17) is 14.9 Å². The highest BCUT2D eigenvalue weighted by atomic mass is 16.5. The first-order chi connectivity index (χ1) is 11.0. The van der Waals surface area contributed by atoms with E-state index in [9.17, 15) is 9.59 Å². The van der Waals surface area contributed by atoms with Crippen LogP contribution in [0.1, 0.15) is 25.6 Å². The second-order valence-electron chi connectivity index (χ2n) is 5.03. The summed E-state index contributed by atoms with van der Waals surface area (Å²) in [5, 5.41) is 6.08. The second-order valence-corrected chi connectivity index (χ2v) is 5.03. The van der Waals surface area contributed by atoms with Gasteiger partial charge in [0.15, 0.2) is 11.3 Å². The summed E-state index contributed by atoms with van der Waals surface area (Å²) in [5.74, 6) is 0.596. The summed E-state index contributed by atoms with van der Waals surface area (Å²) in [6, 6.07) is 7.17. The van der Waals surface area contributed by atoms with Crippen molar-refractivity contribution in [1.29, 1.82) is 0 Å². The third-order valence-electron chi connectivity index (χ3n) is 3.26. The molecule has 1 unspecified atom stereocenters. The van der Waals surface area contributed by atoms with Crippen molar-refractivity contribution in [1.82, 2.24) is 10.6 Å². The predicted octanol–water partition coefficient (Wildman–Crippen LogP) is 1.08. The lowest BCUT2D eigenvalue weighted by atomic mass is 10.2. The quantitative estimate of drug-likeness (QED) is 0.708. The molecule has 0 aliphatic rings. The van der Waals surface area contributed by atoms with Gasteiger partial charge in [0.05, 0.1) is 25.7 Å². The van der Waals surface area contributed by atoms with Gasteiger partial charge in [0.1, 0.15) is 5.76 Å². The van der Waals surface area contributed by atoms with Crippen molar-refractivity contribution in [3.05, 3.63) is 30.0 Å². The zero-order valence-corrected chi connectivity index (χ0v) is 13.2. The molecule has 0 saturated heterocycles. The van der Waals surface area contributed by atoms with Gasteiger partial charge in [-0.2, -0.15) is 0 Å². The molecule has 0 radical (unpaired) electrons. The summed E-state index contributed by atoms with van der Waals surface area (Å²) >= 11 is 0. The minimum atomic E-state index is -0.377. The summed E-state index contributed by atoms with van der Waals surface area (Å²) < 4.78 is 11.3. The highest BCUT2D eigenvalue weighted by Gasteiger charge is 2.16. The lowest BCUT2D eigenvalue weighted by molar-refractivity contribution is -0.125. The van der Waals surface area contributed by atoms with Crippen LogP contribution in [0.5, 0.6) is 5.75 Å². The number of ether oxygens (including phenoxy) is 1. The second kappa shape index (κ2) is 7.64. The van der Waals surface area contributed by atoms with Crippen molar-refractivity contribution in [2.75, 3.05) is 19.7 Å². The number of rotatable bonds is 7. The number of hydrogen-bond acceptors (Lipinski definition) is 5. The molecule has 1 aromatic heterocycles. The first-order valence-corrected chi connectivity index (χ1v) is 7.46. The minimum absolute atomic E-state index is 0.120. The molecule has 7 nitrogen and oxygen atoms in total. The maximum atomic E-state index is 11.8. The van der Waals surface area contributed by atoms with Crippen molar-refractivity contribution in [2.24, 2.45) is 5.73 Å². The first kappa shape index (κ1) is 16.8. The van der Waals surface area contributed by atoms with Crippen molar-refractivity contribution in [3.63, 3.8) is 0 Å². The van der Waals surface area contributed by atoms with Crippen molar-refractivity contribution in [2.45, 2.75) is 19.9 Å². The SMILES string of the molecule is CCOc1cccc2cc(C(C)NC(=O)CNC(=O)CN)oc12. The van der Waals surface area contributed by atoms with Crippen LogP contribution in [0.4, 0.5) is 0 Å². The number of nitrogens with one attached hydrogen (secondary N) is 2. The molecule has 124 valence electrons. The van der Waals surface area contributed by atoms with Crippen LogP contribution in [0.15, 0.2) is 28.7 Å². The van der Waals surface area contributed by atoms with E-state index in [1.165, 1.54) is 0 Å². The number of benzene rings is 1. The molecule has 0 fully saturated rings. The minimum Gasteiger partial charge on any atom is -0.490 e. The highest BCUT2D eigenvalue weighted by Crippen LogP contribution is 2.31. The number of nitrogens with two attached hydrogens (primary N) is 1. The Labute approximate surface area is 134 Å². The van der Waals surface area contributed by atoms with Crippen LogP contribution < -0.4 is 21.1 Å². The normalized spacial score (nSPS) is 12.0. The van der Waals surface area contributed by atoms with E-state index in [0.717, 1.165) is 5.39 Å². The van der Waals surface area contributed by atoms with Crippen LogP contribution in [0, 0.1) is 0 Å². The van der Waals surface area contributed by atoms with E-state index >= 15 is 0 Å². The molecule has 0 aliphatic carbocycles. The molecule has 2 amide bonds. The fourth-order valence-electron chi connectivity index (χ4n) is 2.15. The van der Waals surface area contributed by atoms with Gasteiger partial charge in [0.25, 0.3) is 0 Å². The fourth-order valence-corrected chi connectivity index (χ4v) is 2.15. The molecule has 1 atom stereocenters. The number of carbonyl (C=O) groups is 2. The zero-order valence-electron chi connectivity index (χ0n) is 13.2. The summed E-state index contributed by atoms with van der Waals surface area (Å²) in [6.07, 6.45) is 0. The van der Waals surface area contributed by atoms with Crippen molar-refractivity contribution < 1.29 is 18.7 Å². The summed E-state index contributed by atoms with van der Waals surface area (Å²) in [5.41, 5.74) is 5.82. The Morgan fingerprint density at radius 1 is 1.35 bits per heavy atom. The molecule has 7 heteroatoms. The van der Waals surface area contributed by atoms with Crippen LogP contribution in [-0.2, 0) is 9.59 Å². The molecule has 0 spiro atoms. The third kappa shape index (κ3) is 4.23. The number of furan rings is 1. The molecule has 1 heterocycles. The fraction of sp³-hybridized carbons (Fsp3) is 0.375. The zero-order chi connectivity index (χ0) is 16.8. The Morgan fingerprint density at radius 2 is 2.13 bits per heavy atom. The molecule has 0 aliphatic heterocycles. The maximum Gasteiger partial charge on any atom is 0.239 e. The third-order valence-corrected chi connectivity index (χ3v) is 3.26. The van der Waals surface area contributed by atoms with Gasteiger partial charge in [-0.15, -0.1) is 0 Å². The smallest absolute Gasteiger partial charge is 0.239 e. The Bertz CT molecular complexity index is 696. The average Bonchev–Trinajstić information content (AvgIpc) is 2.98. The monoisotopic (exact) mass is 319 g/mol. The highest BCUT2D eigenvalue weighted by molar-refractivity contribution is 5.86. The van der Waals surface area contributed by atoms with E-state index in [2.05, 4.69) is 10.6 Å². The van der Waals surface area contributed by atoms with Crippen LogP contribution in [0.25, 0.3) is 11.0 Å². The number of fused-ring (bicyclic) bond motifs is 1. The summed E-state index contributed by atoms with van der Waals surface area (Å²) in [4.78, 5) is 22.8. The van der Waals surface area contributed by atoms with E-state index in [0.29, 0.717) is 23.7 Å². The number of hydrogen-bond donors (Lipinski definition) is 3. The number of para-hydroxylation sites is 1. The van der Waals surface area contributed by atoms with E-state index in [1.54, 1.807) is 6.92 Å². The molecule has 23 heavy (non-hydrogen) atoms. The summed E-state index contributed by atoms with van der Waals surface area (Å²) in [7, 11) is 0. The maximum absolute atomic E-state index is 11.8. The predicted molar refractivity (Wildman–Crippen MR) is 86.0 cm³/mol. The molecule has 4 N–H and O–H groups in total.